The van der Waals surface area contributed by atoms with Crippen molar-refractivity contribution in [1.29, 1.82) is 0 Å². The van der Waals surface area contributed by atoms with Gasteiger partial charge in [0, 0.05) is 12.6 Å². The summed E-state index contributed by atoms with van der Waals surface area (Å²) >= 11 is 0. The molecule has 1 heterocycles. The fourth-order valence-electron chi connectivity index (χ4n) is 3.32. The van der Waals surface area contributed by atoms with Gasteiger partial charge in [0.15, 0.2) is 0 Å². The molecule has 2 nitrogen and oxygen atoms in total. The van der Waals surface area contributed by atoms with Crippen molar-refractivity contribution in [2.24, 2.45) is 5.92 Å². The Kier molecular flexibility index (Phi) is 5.25. The van der Waals surface area contributed by atoms with Crippen LogP contribution in [0, 0.1) is 5.92 Å². The third-order valence-corrected chi connectivity index (χ3v) is 4.85. The molecule has 0 bridgehead atoms. The third-order valence-electron chi connectivity index (χ3n) is 4.85. The van der Waals surface area contributed by atoms with Gasteiger partial charge in [-0.1, -0.05) is 26.0 Å². The van der Waals surface area contributed by atoms with E-state index in [2.05, 4.69) is 31.3 Å². The lowest BCUT2D eigenvalue weighted by atomic mass is 9.85. The van der Waals surface area contributed by atoms with Crippen molar-refractivity contribution in [2.45, 2.75) is 70.4 Å². The zero-order chi connectivity index (χ0) is 12.8. The van der Waals surface area contributed by atoms with Crippen molar-refractivity contribution in [1.82, 2.24) is 5.32 Å². The summed E-state index contributed by atoms with van der Waals surface area (Å²) in [5, 5.41) is 3.80. The molecule has 1 aliphatic carbocycles. The molecule has 0 spiro atoms. The molecule has 1 aliphatic heterocycles. The SMILES string of the molecule is CCC1(CC)CC(NCC2CC=CCC2)CCO1. The first-order valence-corrected chi connectivity index (χ1v) is 7.80. The Morgan fingerprint density at radius 2 is 2.06 bits per heavy atom. The van der Waals surface area contributed by atoms with Crippen LogP contribution in [0.2, 0.25) is 0 Å². The zero-order valence-corrected chi connectivity index (χ0v) is 12.1. The van der Waals surface area contributed by atoms with Gasteiger partial charge in [0.05, 0.1) is 5.60 Å². The molecule has 2 rings (SSSR count). The van der Waals surface area contributed by atoms with E-state index in [1.807, 2.05) is 0 Å². The number of rotatable bonds is 5. The summed E-state index contributed by atoms with van der Waals surface area (Å²) in [6, 6.07) is 0.671. The highest BCUT2D eigenvalue weighted by molar-refractivity contribution is 4.92. The molecule has 1 saturated heterocycles. The maximum Gasteiger partial charge on any atom is 0.0692 e. The monoisotopic (exact) mass is 251 g/mol. The van der Waals surface area contributed by atoms with Crippen molar-refractivity contribution >= 4 is 0 Å². The van der Waals surface area contributed by atoms with Crippen LogP contribution in [-0.2, 0) is 4.74 Å². The standard InChI is InChI=1S/C16H29NO/c1-3-16(4-2)12-15(10-11-18-16)17-13-14-8-6-5-7-9-14/h5-6,14-15,17H,3-4,7-13H2,1-2H3. The van der Waals surface area contributed by atoms with Gasteiger partial charge in [-0.3, -0.25) is 0 Å². The molecule has 0 aromatic heterocycles. The Hall–Kier alpha value is -0.340. The largest absolute Gasteiger partial charge is 0.375 e. The predicted molar refractivity (Wildman–Crippen MR) is 76.8 cm³/mol. The van der Waals surface area contributed by atoms with Crippen LogP contribution in [0.25, 0.3) is 0 Å². The average molecular weight is 251 g/mol. The van der Waals surface area contributed by atoms with Gasteiger partial charge in [-0.2, -0.15) is 0 Å². The second kappa shape index (κ2) is 6.72. The lowest BCUT2D eigenvalue weighted by Crippen LogP contribution is -2.47. The van der Waals surface area contributed by atoms with Gasteiger partial charge in [-0.15, -0.1) is 0 Å². The molecule has 0 saturated carbocycles. The molecule has 18 heavy (non-hydrogen) atoms. The summed E-state index contributed by atoms with van der Waals surface area (Å²) < 4.78 is 6.03. The second-order valence-electron chi connectivity index (χ2n) is 5.99. The average Bonchev–Trinajstić information content (AvgIpc) is 2.46. The molecule has 0 aromatic rings. The van der Waals surface area contributed by atoms with Crippen molar-refractivity contribution in [3.8, 4) is 0 Å². The smallest absolute Gasteiger partial charge is 0.0692 e. The molecule has 1 fully saturated rings. The highest BCUT2D eigenvalue weighted by atomic mass is 16.5. The van der Waals surface area contributed by atoms with Crippen LogP contribution in [0.5, 0.6) is 0 Å². The summed E-state index contributed by atoms with van der Waals surface area (Å²) in [4.78, 5) is 0. The Morgan fingerprint density at radius 1 is 1.22 bits per heavy atom. The lowest BCUT2D eigenvalue weighted by Gasteiger charge is -2.40. The van der Waals surface area contributed by atoms with Crippen LogP contribution in [-0.4, -0.2) is 24.8 Å². The van der Waals surface area contributed by atoms with Gasteiger partial charge < -0.3 is 10.1 Å². The summed E-state index contributed by atoms with van der Waals surface area (Å²) in [7, 11) is 0. The molecule has 0 radical (unpaired) electrons. The number of nitrogens with one attached hydrogen (secondary N) is 1. The van der Waals surface area contributed by atoms with E-state index in [0.29, 0.717) is 6.04 Å². The summed E-state index contributed by atoms with van der Waals surface area (Å²) in [5.41, 5.74) is 0.155. The lowest BCUT2D eigenvalue weighted by molar-refractivity contribution is -0.0933. The van der Waals surface area contributed by atoms with Gasteiger partial charge in [-0.25, -0.2) is 0 Å². The van der Waals surface area contributed by atoms with E-state index in [0.717, 1.165) is 25.4 Å². The van der Waals surface area contributed by atoms with Gasteiger partial charge >= 0.3 is 0 Å². The Bertz CT molecular complexity index is 270. The third kappa shape index (κ3) is 3.58. The van der Waals surface area contributed by atoms with Crippen LogP contribution in [0.15, 0.2) is 12.2 Å². The normalized spacial score (nSPS) is 31.4. The first kappa shape index (κ1) is 14.1. The van der Waals surface area contributed by atoms with E-state index in [4.69, 9.17) is 4.74 Å². The number of hydrogen-bond donors (Lipinski definition) is 1. The van der Waals surface area contributed by atoms with E-state index in [1.165, 1.54) is 38.6 Å². The molecule has 2 heteroatoms. The summed E-state index contributed by atoms with van der Waals surface area (Å²) in [5.74, 6) is 0.857. The predicted octanol–water partition coefficient (Wildman–Crippen LogP) is 3.67. The molecule has 1 N–H and O–H groups in total. The molecular formula is C16H29NO. The van der Waals surface area contributed by atoms with Crippen molar-refractivity contribution in [2.75, 3.05) is 13.2 Å². The van der Waals surface area contributed by atoms with Crippen LogP contribution in [0.3, 0.4) is 0 Å². The first-order chi connectivity index (χ1) is 8.78. The molecule has 2 atom stereocenters. The van der Waals surface area contributed by atoms with E-state index in [1.54, 1.807) is 0 Å². The quantitative estimate of drug-likeness (QED) is 0.753. The maximum absolute atomic E-state index is 6.03. The highest BCUT2D eigenvalue weighted by Gasteiger charge is 2.34. The second-order valence-corrected chi connectivity index (χ2v) is 5.99. The zero-order valence-electron chi connectivity index (χ0n) is 12.1. The Balaban J connectivity index is 1.77. The Labute approximate surface area is 112 Å². The van der Waals surface area contributed by atoms with Crippen molar-refractivity contribution in [3.63, 3.8) is 0 Å². The van der Waals surface area contributed by atoms with Crippen molar-refractivity contribution in [3.05, 3.63) is 12.2 Å². The minimum absolute atomic E-state index is 0.155. The highest BCUT2D eigenvalue weighted by Crippen LogP contribution is 2.31. The van der Waals surface area contributed by atoms with Gasteiger partial charge in [0.2, 0.25) is 0 Å². The van der Waals surface area contributed by atoms with Gasteiger partial charge in [0.25, 0.3) is 0 Å². The number of hydrogen-bond acceptors (Lipinski definition) is 2. The molecule has 104 valence electrons. The number of ether oxygens (including phenoxy) is 1. The van der Waals surface area contributed by atoms with Gasteiger partial charge in [-0.05, 0) is 57.4 Å². The molecule has 0 amide bonds. The first-order valence-electron chi connectivity index (χ1n) is 7.80. The molecule has 2 unspecified atom stereocenters. The summed E-state index contributed by atoms with van der Waals surface area (Å²) in [6.07, 6.45) is 13.2. The van der Waals surface area contributed by atoms with E-state index in [9.17, 15) is 0 Å². The van der Waals surface area contributed by atoms with E-state index >= 15 is 0 Å². The minimum Gasteiger partial charge on any atom is -0.375 e. The van der Waals surface area contributed by atoms with Crippen LogP contribution >= 0.6 is 0 Å². The maximum atomic E-state index is 6.03. The molecule has 2 aliphatic rings. The van der Waals surface area contributed by atoms with Crippen LogP contribution < -0.4 is 5.32 Å². The van der Waals surface area contributed by atoms with Crippen molar-refractivity contribution < 1.29 is 4.74 Å². The topological polar surface area (TPSA) is 21.3 Å². The minimum atomic E-state index is 0.155. The summed E-state index contributed by atoms with van der Waals surface area (Å²) in [6.45, 7) is 6.65. The Morgan fingerprint density at radius 3 is 2.72 bits per heavy atom. The fourth-order valence-corrected chi connectivity index (χ4v) is 3.32. The molecule has 0 aromatic carbocycles. The van der Waals surface area contributed by atoms with E-state index < -0.39 is 0 Å². The van der Waals surface area contributed by atoms with E-state index in [-0.39, 0.29) is 5.60 Å². The van der Waals surface area contributed by atoms with Crippen LogP contribution in [0.1, 0.15) is 58.8 Å². The fraction of sp³-hybridized carbons (Fsp3) is 0.875. The molecular weight excluding hydrogens is 222 g/mol. The van der Waals surface area contributed by atoms with Gasteiger partial charge in [0.1, 0.15) is 0 Å². The number of allylic oxidation sites excluding steroid dienone is 2. The van der Waals surface area contributed by atoms with Crippen LogP contribution in [0.4, 0.5) is 0 Å².